The summed E-state index contributed by atoms with van der Waals surface area (Å²) in [5.41, 5.74) is 0.370. The molecular formula is C25H36N4O6. The van der Waals surface area contributed by atoms with E-state index in [1.165, 1.54) is 11.9 Å². The van der Waals surface area contributed by atoms with Gasteiger partial charge >= 0.3 is 6.09 Å². The minimum Gasteiger partial charge on any atom is -0.444 e. The number of nitrogens with one attached hydrogen (secondary N) is 2. The van der Waals surface area contributed by atoms with Gasteiger partial charge in [0.05, 0.1) is 17.4 Å². The maximum atomic E-state index is 13.6. The Balaban J connectivity index is 1.84. The van der Waals surface area contributed by atoms with E-state index in [1.54, 1.807) is 63.8 Å². The summed E-state index contributed by atoms with van der Waals surface area (Å²) in [6.07, 6.45) is 0.544. The van der Waals surface area contributed by atoms with Gasteiger partial charge in [0.15, 0.2) is 0 Å². The van der Waals surface area contributed by atoms with Crippen molar-refractivity contribution in [3.63, 3.8) is 0 Å². The largest absolute Gasteiger partial charge is 0.444 e. The maximum absolute atomic E-state index is 13.6. The first kappa shape index (κ1) is 26.5. The fourth-order valence-electron chi connectivity index (χ4n) is 4.18. The number of benzene rings is 1. The molecule has 3 rings (SSSR count). The van der Waals surface area contributed by atoms with Gasteiger partial charge in [-0.25, -0.2) is 4.79 Å². The number of carbonyl (C=O) groups excluding carboxylic acids is 4. The van der Waals surface area contributed by atoms with Crippen molar-refractivity contribution < 1.29 is 28.7 Å². The fraction of sp³-hybridized carbons (Fsp3) is 0.600. The molecule has 0 aromatic heterocycles. The van der Waals surface area contributed by atoms with Crippen molar-refractivity contribution in [1.82, 2.24) is 10.2 Å². The number of anilines is 2. The molecule has 0 radical (unpaired) electrons. The number of rotatable bonds is 4. The fourth-order valence-corrected chi connectivity index (χ4v) is 4.18. The Hall–Kier alpha value is -3.14. The minimum atomic E-state index is -1.03. The molecule has 1 aromatic rings. The number of nitrogens with zero attached hydrogens (tertiary/aromatic N) is 2. The van der Waals surface area contributed by atoms with Gasteiger partial charge < -0.3 is 25.0 Å². The van der Waals surface area contributed by atoms with Crippen molar-refractivity contribution in [3.05, 3.63) is 24.3 Å². The number of ether oxygens (including phenoxy) is 2. The lowest BCUT2D eigenvalue weighted by Crippen LogP contribution is -2.60. The van der Waals surface area contributed by atoms with Crippen molar-refractivity contribution in [2.24, 2.45) is 5.92 Å². The smallest absolute Gasteiger partial charge is 0.410 e. The van der Waals surface area contributed by atoms with Crippen LogP contribution in [0, 0.1) is 5.92 Å². The Labute approximate surface area is 206 Å². The van der Waals surface area contributed by atoms with Gasteiger partial charge in [0.25, 0.3) is 0 Å². The van der Waals surface area contributed by atoms with E-state index < -0.39 is 41.6 Å². The SMILES string of the molecule is CC(C(=O)N[C@@H]1C(=O)Nc2ccccc2N(C(=O)C2CCOCC2)[C@H]1C)N(C)C(=O)OC(C)(C)C. The normalized spacial score (nSPS) is 21.8. The molecule has 0 aliphatic carbocycles. The predicted molar refractivity (Wildman–Crippen MR) is 131 cm³/mol. The highest BCUT2D eigenvalue weighted by molar-refractivity contribution is 6.08. The maximum Gasteiger partial charge on any atom is 0.410 e. The van der Waals surface area contributed by atoms with Crippen molar-refractivity contribution in [3.8, 4) is 0 Å². The van der Waals surface area contributed by atoms with Gasteiger partial charge in [-0.1, -0.05) is 12.1 Å². The molecule has 35 heavy (non-hydrogen) atoms. The zero-order chi connectivity index (χ0) is 25.9. The van der Waals surface area contributed by atoms with Crippen molar-refractivity contribution in [2.75, 3.05) is 30.5 Å². The Morgan fingerprint density at radius 3 is 2.46 bits per heavy atom. The summed E-state index contributed by atoms with van der Waals surface area (Å²) < 4.78 is 10.8. The predicted octanol–water partition coefficient (Wildman–Crippen LogP) is 2.53. The summed E-state index contributed by atoms with van der Waals surface area (Å²) in [7, 11) is 1.46. The molecule has 2 aliphatic rings. The van der Waals surface area contributed by atoms with Crippen LogP contribution in [0.15, 0.2) is 24.3 Å². The summed E-state index contributed by atoms with van der Waals surface area (Å²) in [4.78, 5) is 55.2. The van der Waals surface area contributed by atoms with Crippen LogP contribution in [0.1, 0.15) is 47.5 Å². The third-order valence-corrected chi connectivity index (χ3v) is 6.34. The van der Waals surface area contributed by atoms with Gasteiger partial charge in [-0.15, -0.1) is 0 Å². The molecule has 0 spiro atoms. The minimum absolute atomic E-state index is 0.108. The van der Waals surface area contributed by atoms with Crippen LogP contribution in [0.4, 0.5) is 16.2 Å². The molecule has 10 heteroatoms. The molecule has 2 aliphatic heterocycles. The number of likely N-dealkylation sites (N-methyl/N-ethyl adjacent to an activating group) is 1. The number of hydrogen-bond acceptors (Lipinski definition) is 6. The van der Waals surface area contributed by atoms with Crippen LogP contribution >= 0.6 is 0 Å². The zero-order valence-corrected chi connectivity index (χ0v) is 21.3. The monoisotopic (exact) mass is 488 g/mol. The van der Waals surface area contributed by atoms with E-state index >= 15 is 0 Å². The van der Waals surface area contributed by atoms with E-state index in [-0.39, 0.29) is 11.8 Å². The van der Waals surface area contributed by atoms with Gasteiger partial charge in [-0.3, -0.25) is 19.3 Å². The van der Waals surface area contributed by atoms with Crippen LogP contribution < -0.4 is 15.5 Å². The number of para-hydroxylation sites is 2. The lowest BCUT2D eigenvalue weighted by Gasteiger charge is -2.36. The van der Waals surface area contributed by atoms with E-state index in [4.69, 9.17) is 9.47 Å². The molecule has 2 N–H and O–H groups in total. The Morgan fingerprint density at radius 1 is 1.20 bits per heavy atom. The second-order valence-electron chi connectivity index (χ2n) is 10.1. The van der Waals surface area contributed by atoms with Gasteiger partial charge in [0.2, 0.25) is 17.7 Å². The Bertz CT molecular complexity index is 969. The molecule has 0 saturated carbocycles. The van der Waals surface area contributed by atoms with Crippen LogP contribution in [0.25, 0.3) is 0 Å². The number of amides is 4. The number of carbonyl (C=O) groups is 4. The van der Waals surface area contributed by atoms with E-state index in [9.17, 15) is 19.2 Å². The Morgan fingerprint density at radius 2 is 1.83 bits per heavy atom. The average Bonchev–Trinajstić information content (AvgIpc) is 2.91. The molecule has 192 valence electrons. The lowest BCUT2D eigenvalue weighted by molar-refractivity contribution is -0.130. The molecule has 2 heterocycles. The third-order valence-electron chi connectivity index (χ3n) is 6.34. The second-order valence-corrected chi connectivity index (χ2v) is 10.1. The quantitative estimate of drug-likeness (QED) is 0.673. The zero-order valence-electron chi connectivity index (χ0n) is 21.3. The van der Waals surface area contributed by atoms with Crippen LogP contribution in [0.3, 0.4) is 0 Å². The topological polar surface area (TPSA) is 117 Å². The summed E-state index contributed by atoms with van der Waals surface area (Å²) >= 11 is 0. The second kappa shape index (κ2) is 10.6. The van der Waals surface area contributed by atoms with Crippen LogP contribution in [0.5, 0.6) is 0 Å². The molecule has 1 fully saturated rings. The molecule has 1 saturated heterocycles. The van der Waals surface area contributed by atoms with Crippen molar-refractivity contribution in [2.45, 2.75) is 71.2 Å². The summed E-state index contributed by atoms with van der Waals surface area (Å²) in [5, 5.41) is 5.60. The lowest BCUT2D eigenvalue weighted by atomic mass is 9.96. The molecule has 1 aromatic carbocycles. The molecule has 10 nitrogen and oxygen atoms in total. The summed E-state index contributed by atoms with van der Waals surface area (Å²) in [6, 6.07) is 4.48. The van der Waals surface area contributed by atoms with Crippen LogP contribution in [0.2, 0.25) is 0 Å². The van der Waals surface area contributed by atoms with Gasteiger partial charge in [0.1, 0.15) is 17.7 Å². The highest BCUT2D eigenvalue weighted by Gasteiger charge is 2.41. The standard InChI is InChI=1S/C25H36N4O6/c1-15-20(27-21(30)16(2)28(6)24(33)35-25(3,4)5)22(31)26-18-9-7-8-10-19(18)29(15)23(32)17-11-13-34-14-12-17/h7-10,15-17,20H,11-14H2,1-6H3,(H,26,31)(H,27,30)/t15-,16?,20-/m0/s1. The van der Waals surface area contributed by atoms with Gasteiger partial charge in [-0.2, -0.15) is 0 Å². The van der Waals surface area contributed by atoms with E-state index in [1.807, 2.05) is 0 Å². The average molecular weight is 489 g/mol. The molecule has 1 unspecified atom stereocenters. The van der Waals surface area contributed by atoms with Crippen LogP contribution in [-0.2, 0) is 23.9 Å². The number of hydrogen-bond donors (Lipinski definition) is 2. The summed E-state index contributed by atoms with van der Waals surface area (Å²) in [5.74, 6) is -1.31. The van der Waals surface area contributed by atoms with E-state index in [0.717, 1.165) is 0 Å². The number of fused-ring (bicyclic) bond motifs is 1. The molecule has 3 atom stereocenters. The van der Waals surface area contributed by atoms with E-state index in [0.29, 0.717) is 37.4 Å². The first-order chi connectivity index (χ1) is 16.4. The molecule has 0 bridgehead atoms. The highest BCUT2D eigenvalue weighted by Crippen LogP contribution is 2.34. The van der Waals surface area contributed by atoms with Gasteiger partial charge in [0, 0.05) is 26.2 Å². The van der Waals surface area contributed by atoms with Crippen molar-refractivity contribution in [1.29, 1.82) is 0 Å². The van der Waals surface area contributed by atoms with Crippen molar-refractivity contribution >= 4 is 35.2 Å². The Kier molecular flexibility index (Phi) is 8.04. The first-order valence-electron chi connectivity index (χ1n) is 12.0. The van der Waals surface area contributed by atoms with E-state index in [2.05, 4.69) is 10.6 Å². The summed E-state index contributed by atoms with van der Waals surface area (Å²) in [6.45, 7) is 9.52. The highest BCUT2D eigenvalue weighted by atomic mass is 16.6. The third kappa shape index (κ3) is 6.11. The first-order valence-corrected chi connectivity index (χ1v) is 12.0. The van der Waals surface area contributed by atoms with Crippen LogP contribution in [-0.4, -0.2) is 72.7 Å². The molecule has 4 amide bonds. The van der Waals surface area contributed by atoms with Gasteiger partial charge in [-0.05, 0) is 59.6 Å². The molecular weight excluding hydrogens is 452 g/mol.